The summed E-state index contributed by atoms with van der Waals surface area (Å²) in [6, 6.07) is 11.6. The first-order valence-electron chi connectivity index (χ1n) is 15.7. The van der Waals surface area contributed by atoms with Gasteiger partial charge in [-0.2, -0.15) is 27.5 Å². The van der Waals surface area contributed by atoms with Crippen LogP contribution in [0, 0.1) is 10.1 Å². The van der Waals surface area contributed by atoms with E-state index in [0.717, 1.165) is 25.3 Å². The number of alkyl halides is 4. The molecule has 0 bridgehead atoms. The number of hydrogen-bond acceptors (Lipinski definition) is 16. The van der Waals surface area contributed by atoms with Crippen molar-refractivity contribution in [3.05, 3.63) is 98.0 Å². The highest BCUT2D eigenvalue weighted by molar-refractivity contribution is 7.90. The van der Waals surface area contributed by atoms with Gasteiger partial charge >= 0.3 is 44.8 Å². The van der Waals surface area contributed by atoms with Gasteiger partial charge in [-0.25, -0.2) is 27.5 Å². The Hall–Kier alpha value is -6.42. The van der Waals surface area contributed by atoms with Gasteiger partial charge in [0, 0.05) is 17.2 Å². The van der Waals surface area contributed by atoms with Crippen molar-refractivity contribution in [3.63, 3.8) is 0 Å². The molecule has 0 aliphatic rings. The fraction of sp³-hybridized carbons (Fsp3) is 0.161. The Morgan fingerprint density at radius 2 is 1.50 bits per heavy atom. The third kappa shape index (κ3) is 18.1. The van der Waals surface area contributed by atoms with Crippen LogP contribution in [-0.4, -0.2) is 100 Å². The number of aromatic nitrogens is 2. The molecule has 1 aromatic heterocycles. The molecule has 0 saturated heterocycles. The number of halogens is 6. The number of nitro groups is 1. The Bertz CT molecular complexity index is 2410. The molecule has 23 nitrogen and oxygen atoms in total. The maximum absolute atomic E-state index is 12.3. The van der Waals surface area contributed by atoms with Gasteiger partial charge in [0.1, 0.15) is 22.0 Å². The number of nitro benzene ring substituents is 1. The summed E-state index contributed by atoms with van der Waals surface area (Å²) in [5, 5.41) is 32.4. The number of carboxylic acid groups (broad SMARTS) is 2. The fourth-order valence-corrected chi connectivity index (χ4v) is 5.91. The molecule has 1 heterocycles. The van der Waals surface area contributed by atoms with Gasteiger partial charge in [-0.05, 0) is 36.4 Å². The molecule has 0 atom stereocenters. The number of nitrogens with zero attached hydrogens (tertiary/aromatic N) is 3. The summed E-state index contributed by atoms with van der Waals surface area (Å²) in [5.41, 5.74) is -1.23. The van der Waals surface area contributed by atoms with E-state index in [2.05, 4.69) is 29.5 Å². The molecule has 4 rings (SSSR count). The van der Waals surface area contributed by atoms with Crippen LogP contribution in [0.1, 0.15) is 20.7 Å². The van der Waals surface area contributed by atoms with Crippen LogP contribution in [0.5, 0.6) is 23.3 Å². The first kappa shape index (κ1) is 51.7. The number of aliphatic carboxylic acids is 1. The number of ether oxygens (including phenoxy) is 4. The SMILES string of the molecule is COC(=O)c1cc(Oc2ccc(Cl)cc2Cl)ccc1[N+](=O)[O-].O=C(Nc1nc(OC(F)F)cc(OC(F)F)n1)NS(=O)(=O)c1ccccc1C(=O)O.O=C(O)CNCP(=O)(O)O. The van der Waals surface area contributed by atoms with Gasteiger partial charge in [-0.15, -0.1) is 0 Å². The Morgan fingerprint density at radius 1 is 0.903 bits per heavy atom. The lowest BCUT2D eigenvalue weighted by Crippen LogP contribution is -2.35. The van der Waals surface area contributed by atoms with E-state index in [1.54, 1.807) is 17.4 Å². The van der Waals surface area contributed by atoms with Crippen LogP contribution in [0.2, 0.25) is 10.0 Å². The average Bonchev–Trinajstić information content (AvgIpc) is 3.14. The second-order valence-corrected chi connectivity index (χ2v) is 14.9. The van der Waals surface area contributed by atoms with Crippen molar-refractivity contribution in [2.24, 2.45) is 0 Å². The third-order valence-electron chi connectivity index (χ3n) is 6.24. The standard InChI is InChI=1S/C14H9Cl2NO5.C14H10F4N4O7S.C3H8NO5P/c1-21-14(18)10-7-9(3-4-12(10)17(19)20)22-13-5-2-8(15)6-11(13)16;15-11(16)28-8-5-9(29-12(17)18)20-13(19-8)21-14(25)22-30(26,27)7-4-2-1-3-6(7)10(23)24;5-3(6)1-4-2-10(7,8)9/h2-7H,1H3;1-5,11-12H,(H,23,24)(H2,19,20,21,22,25);4H,1-2H2,(H,5,6)(H2,7,8,9). The highest BCUT2D eigenvalue weighted by atomic mass is 35.5. The van der Waals surface area contributed by atoms with Crippen LogP contribution in [0.25, 0.3) is 0 Å². The van der Waals surface area contributed by atoms with Crippen molar-refractivity contribution in [2.75, 3.05) is 25.3 Å². The molecular formula is C31H27Cl2F4N6O17PS. The van der Waals surface area contributed by atoms with Crippen molar-refractivity contribution < 1.29 is 93.6 Å². The number of aromatic carboxylic acids is 1. The van der Waals surface area contributed by atoms with Gasteiger partial charge < -0.3 is 38.9 Å². The van der Waals surface area contributed by atoms with E-state index in [0.29, 0.717) is 16.8 Å². The van der Waals surface area contributed by atoms with Crippen LogP contribution in [0.15, 0.2) is 71.6 Å². The second-order valence-electron chi connectivity index (χ2n) is 10.7. The largest absolute Gasteiger partial charge is 0.480 e. The molecule has 0 fully saturated rings. The average molecular weight is 966 g/mol. The van der Waals surface area contributed by atoms with E-state index in [4.69, 9.17) is 47.9 Å². The molecule has 31 heteroatoms. The molecule has 0 saturated carbocycles. The zero-order chi connectivity index (χ0) is 46.9. The molecule has 0 aliphatic carbocycles. The summed E-state index contributed by atoms with van der Waals surface area (Å²) in [7, 11) is -7.68. The first-order valence-corrected chi connectivity index (χ1v) is 19.8. The van der Waals surface area contributed by atoms with Gasteiger partial charge in [-0.1, -0.05) is 35.3 Å². The van der Waals surface area contributed by atoms with Crippen LogP contribution >= 0.6 is 30.8 Å². The number of benzene rings is 3. The summed E-state index contributed by atoms with van der Waals surface area (Å²) in [4.78, 5) is 76.9. The molecule has 2 amide bonds. The van der Waals surface area contributed by atoms with E-state index in [-0.39, 0.29) is 22.0 Å². The Kier molecular flexibility index (Phi) is 19.6. The maximum Gasteiger partial charge on any atom is 0.388 e. The van der Waals surface area contributed by atoms with Crippen LogP contribution in [-0.2, 0) is 24.1 Å². The number of sulfonamides is 1. The number of anilines is 1. The number of methoxy groups -OCH3 is 1. The first-order chi connectivity index (χ1) is 28.8. The minimum atomic E-state index is -4.71. The monoisotopic (exact) mass is 964 g/mol. The number of carbonyl (C=O) groups is 4. The summed E-state index contributed by atoms with van der Waals surface area (Å²) < 4.78 is 103. The van der Waals surface area contributed by atoms with Gasteiger partial charge in [0.15, 0.2) is 0 Å². The van der Waals surface area contributed by atoms with E-state index in [1.165, 1.54) is 35.1 Å². The van der Waals surface area contributed by atoms with Crippen molar-refractivity contribution in [1.29, 1.82) is 0 Å². The number of carbonyl (C=O) groups excluding carboxylic acids is 2. The molecule has 336 valence electrons. The van der Waals surface area contributed by atoms with Gasteiger partial charge in [-0.3, -0.25) is 30.1 Å². The quantitative estimate of drug-likeness (QED) is 0.0250. The van der Waals surface area contributed by atoms with Crippen molar-refractivity contribution >= 4 is 76.4 Å². The smallest absolute Gasteiger partial charge is 0.388 e. The summed E-state index contributed by atoms with van der Waals surface area (Å²) in [5.74, 6) is -5.93. The molecular weight excluding hydrogens is 938 g/mol. The highest BCUT2D eigenvalue weighted by Crippen LogP contribution is 2.34. The Balaban J connectivity index is 0.000000361. The number of nitrogens with one attached hydrogen (secondary N) is 3. The minimum absolute atomic E-state index is 0.204. The summed E-state index contributed by atoms with van der Waals surface area (Å²) in [6.07, 6.45) is -0.598. The normalized spacial score (nSPS) is 10.9. The Morgan fingerprint density at radius 3 is 2.00 bits per heavy atom. The molecule has 0 unspecified atom stereocenters. The molecule has 0 radical (unpaired) electrons. The second kappa shape index (κ2) is 23.5. The number of carboxylic acids is 2. The number of rotatable bonds is 16. The van der Waals surface area contributed by atoms with E-state index in [1.807, 2.05) is 0 Å². The highest BCUT2D eigenvalue weighted by Gasteiger charge is 2.25. The van der Waals surface area contributed by atoms with E-state index >= 15 is 0 Å². The molecule has 62 heavy (non-hydrogen) atoms. The fourth-order valence-electron chi connectivity index (χ4n) is 3.95. The van der Waals surface area contributed by atoms with Crippen molar-refractivity contribution in [1.82, 2.24) is 20.0 Å². The summed E-state index contributed by atoms with van der Waals surface area (Å²) >= 11 is 11.8. The predicted octanol–water partition coefficient (Wildman–Crippen LogP) is 5.16. The van der Waals surface area contributed by atoms with Gasteiger partial charge in [0.2, 0.25) is 17.7 Å². The van der Waals surface area contributed by atoms with Gasteiger partial charge in [0.25, 0.3) is 15.7 Å². The molecule has 3 aromatic carbocycles. The topological polar surface area (TPSA) is 342 Å². The third-order valence-corrected chi connectivity index (χ3v) is 8.80. The summed E-state index contributed by atoms with van der Waals surface area (Å²) in [6.45, 7) is -7.26. The zero-order valence-corrected chi connectivity index (χ0v) is 33.7. The predicted molar refractivity (Wildman–Crippen MR) is 202 cm³/mol. The van der Waals surface area contributed by atoms with Crippen molar-refractivity contribution in [3.8, 4) is 23.3 Å². The molecule has 4 aromatic rings. The van der Waals surface area contributed by atoms with Gasteiger partial charge in [0.05, 0.1) is 41.5 Å². The molecule has 0 spiro atoms. The lowest BCUT2D eigenvalue weighted by Gasteiger charge is -2.11. The lowest BCUT2D eigenvalue weighted by atomic mass is 10.1. The molecule has 0 aliphatic heterocycles. The Labute approximate surface area is 353 Å². The minimum Gasteiger partial charge on any atom is -0.480 e. The number of urea groups is 1. The van der Waals surface area contributed by atoms with Crippen molar-refractivity contribution in [2.45, 2.75) is 18.1 Å². The number of hydrogen-bond donors (Lipinski definition) is 7. The number of esters is 1. The van der Waals surface area contributed by atoms with Crippen LogP contribution in [0.4, 0.5) is 34.0 Å². The number of amides is 2. The van der Waals surface area contributed by atoms with Crippen LogP contribution in [0.3, 0.4) is 0 Å². The van der Waals surface area contributed by atoms with Crippen LogP contribution < -0.4 is 29.6 Å². The van der Waals surface area contributed by atoms with E-state index < -0.39 is 101 Å². The maximum atomic E-state index is 12.3. The van der Waals surface area contributed by atoms with E-state index in [9.17, 15) is 59.8 Å². The lowest BCUT2D eigenvalue weighted by molar-refractivity contribution is -0.385. The zero-order valence-electron chi connectivity index (χ0n) is 30.5. The molecule has 7 N–H and O–H groups in total.